The molecule has 126 valence electrons. The van der Waals surface area contributed by atoms with Gasteiger partial charge in [-0.1, -0.05) is 29.1 Å². The number of rotatable bonds is 5. The third-order valence-corrected chi connectivity index (χ3v) is 6.34. The minimum absolute atomic E-state index is 0.0971. The summed E-state index contributed by atoms with van der Waals surface area (Å²) in [7, 11) is 0. The van der Waals surface area contributed by atoms with Gasteiger partial charge < -0.3 is 9.84 Å². The zero-order chi connectivity index (χ0) is 17.2. The molecule has 4 aromatic rings. The Balaban J connectivity index is 1.42. The first kappa shape index (κ1) is 16.2. The van der Waals surface area contributed by atoms with Gasteiger partial charge in [0, 0.05) is 0 Å². The van der Waals surface area contributed by atoms with E-state index in [9.17, 15) is 4.79 Å². The van der Waals surface area contributed by atoms with Crippen molar-refractivity contribution in [3.8, 4) is 10.8 Å². The number of aryl methyl sites for hydroxylation is 1. The molecule has 1 aromatic carbocycles. The summed E-state index contributed by atoms with van der Waals surface area (Å²) in [6, 6.07) is 9.78. The first-order chi connectivity index (χ1) is 12.2. The largest absolute Gasteiger partial charge is 0.333 e. The Hall–Kier alpha value is -2.23. The molecule has 0 bridgehead atoms. The third-order valence-electron chi connectivity index (χ3n) is 3.26. The summed E-state index contributed by atoms with van der Waals surface area (Å²) >= 11 is 4.47. The Morgan fingerprint density at radius 1 is 1.28 bits per heavy atom. The second kappa shape index (κ2) is 6.95. The average Bonchev–Trinajstić information content (AvgIpc) is 3.31. The molecule has 0 atom stereocenters. The average molecular weight is 388 g/mol. The summed E-state index contributed by atoms with van der Waals surface area (Å²) in [5.41, 5.74) is 1.64. The van der Waals surface area contributed by atoms with Gasteiger partial charge in [-0.3, -0.25) is 4.79 Å². The number of hydrogen-bond acceptors (Lipinski definition) is 8. The molecule has 0 aliphatic carbocycles. The predicted octanol–water partition coefficient (Wildman–Crippen LogP) is 4.45. The first-order valence-corrected chi connectivity index (χ1v) is 10.0. The molecule has 1 N–H and O–H groups in total. The van der Waals surface area contributed by atoms with Crippen LogP contribution in [0.4, 0.5) is 5.69 Å². The normalized spacial score (nSPS) is 11.1. The lowest BCUT2D eigenvalue weighted by atomic mass is 10.3. The fourth-order valence-corrected chi connectivity index (χ4v) is 4.83. The van der Waals surface area contributed by atoms with Gasteiger partial charge in [-0.2, -0.15) is 4.98 Å². The van der Waals surface area contributed by atoms with E-state index in [1.54, 1.807) is 18.3 Å². The molecule has 0 spiro atoms. The molecule has 0 unspecified atom stereocenters. The van der Waals surface area contributed by atoms with Crippen molar-refractivity contribution in [3.63, 3.8) is 0 Å². The lowest BCUT2D eigenvalue weighted by Crippen LogP contribution is -2.13. The van der Waals surface area contributed by atoms with Crippen LogP contribution in [-0.2, 0) is 4.79 Å². The number of aromatic nitrogens is 3. The fourth-order valence-electron chi connectivity index (χ4n) is 2.19. The van der Waals surface area contributed by atoms with Crippen LogP contribution >= 0.6 is 34.4 Å². The van der Waals surface area contributed by atoms with Gasteiger partial charge in [0.05, 0.1) is 21.7 Å². The molecule has 9 heteroatoms. The molecule has 25 heavy (non-hydrogen) atoms. The van der Waals surface area contributed by atoms with Gasteiger partial charge in [0.15, 0.2) is 10.2 Å². The van der Waals surface area contributed by atoms with Crippen LogP contribution in [-0.4, -0.2) is 26.8 Å². The number of para-hydroxylation sites is 1. The van der Waals surface area contributed by atoms with Crippen molar-refractivity contribution in [3.05, 3.63) is 41.5 Å². The van der Waals surface area contributed by atoms with Crippen molar-refractivity contribution in [2.75, 3.05) is 11.1 Å². The van der Waals surface area contributed by atoms with Crippen LogP contribution in [0.5, 0.6) is 0 Å². The number of hydrogen-bond donors (Lipinski definition) is 1. The van der Waals surface area contributed by atoms with E-state index in [1.165, 1.54) is 23.1 Å². The lowest BCUT2D eigenvalue weighted by molar-refractivity contribution is -0.113. The number of thioether (sulfide) groups is 1. The van der Waals surface area contributed by atoms with E-state index < -0.39 is 0 Å². The van der Waals surface area contributed by atoms with E-state index in [4.69, 9.17) is 4.52 Å². The Labute approximate surface area is 155 Å². The van der Waals surface area contributed by atoms with Gasteiger partial charge in [-0.15, -0.1) is 22.7 Å². The number of fused-ring (bicyclic) bond motifs is 1. The zero-order valence-electron chi connectivity index (χ0n) is 13.1. The highest BCUT2D eigenvalue weighted by Crippen LogP contribution is 2.33. The number of nitrogens with zero attached hydrogens (tertiary/aromatic N) is 3. The van der Waals surface area contributed by atoms with E-state index in [0.29, 0.717) is 17.4 Å². The third kappa shape index (κ3) is 3.58. The minimum Gasteiger partial charge on any atom is -0.333 e. The quantitative estimate of drug-likeness (QED) is 0.509. The van der Waals surface area contributed by atoms with Gasteiger partial charge in [0.25, 0.3) is 5.89 Å². The molecule has 3 heterocycles. The van der Waals surface area contributed by atoms with Crippen LogP contribution in [0, 0.1) is 6.92 Å². The molecule has 0 radical (unpaired) electrons. The van der Waals surface area contributed by atoms with Crippen molar-refractivity contribution in [2.24, 2.45) is 0 Å². The highest BCUT2D eigenvalue weighted by atomic mass is 32.2. The van der Waals surface area contributed by atoms with Gasteiger partial charge in [0.1, 0.15) is 4.88 Å². The fraction of sp³-hybridized carbons (Fsp3) is 0.125. The molecule has 1 amide bonds. The molecule has 0 aliphatic rings. The van der Waals surface area contributed by atoms with E-state index in [0.717, 1.165) is 19.4 Å². The number of benzene rings is 1. The summed E-state index contributed by atoms with van der Waals surface area (Å²) in [4.78, 5) is 21.8. The highest BCUT2D eigenvalue weighted by Gasteiger charge is 2.16. The predicted molar refractivity (Wildman–Crippen MR) is 101 cm³/mol. The number of amides is 1. The van der Waals surface area contributed by atoms with Crippen molar-refractivity contribution in [2.45, 2.75) is 11.3 Å². The molecule has 0 aliphatic heterocycles. The van der Waals surface area contributed by atoms with Crippen molar-refractivity contribution >= 4 is 56.2 Å². The van der Waals surface area contributed by atoms with Crippen molar-refractivity contribution in [1.29, 1.82) is 0 Å². The second-order valence-corrected chi connectivity index (χ2v) is 8.26. The second-order valence-electron chi connectivity index (χ2n) is 5.09. The molecule has 0 saturated heterocycles. The lowest BCUT2D eigenvalue weighted by Gasteiger charge is -2.03. The van der Waals surface area contributed by atoms with E-state index in [2.05, 4.69) is 20.4 Å². The highest BCUT2D eigenvalue weighted by molar-refractivity contribution is 8.01. The number of thiophene rings is 1. The van der Waals surface area contributed by atoms with Crippen LogP contribution in [0.3, 0.4) is 0 Å². The van der Waals surface area contributed by atoms with Gasteiger partial charge in [0.2, 0.25) is 5.91 Å². The maximum atomic E-state index is 12.3. The smallest absolute Gasteiger partial charge is 0.270 e. The summed E-state index contributed by atoms with van der Waals surface area (Å²) in [5, 5.41) is 8.57. The molecular formula is C16H12N4O2S3. The number of carbonyl (C=O) groups excluding carboxylic acids is 1. The molecule has 4 rings (SSSR count). The first-order valence-electron chi connectivity index (χ1n) is 7.35. The Morgan fingerprint density at radius 2 is 2.16 bits per heavy atom. The summed E-state index contributed by atoms with van der Waals surface area (Å²) in [6.45, 7) is 1.76. The standard InChI is InChI=1S/C16H12N4O2S3/c1-9-17-15(22-20-9)14-11(6-7-23-14)18-13(21)8-24-16-19-10-4-2-3-5-12(10)25-16/h2-7H,8H2,1H3,(H,18,21). The van der Waals surface area contributed by atoms with E-state index in [-0.39, 0.29) is 11.7 Å². The number of nitrogens with one attached hydrogen (secondary N) is 1. The maximum absolute atomic E-state index is 12.3. The van der Waals surface area contributed by atoms with Crippen LogP contribution in [0.25, 0.3) is 21.0 Å². The van der Waals surface area contributed by atoms with Crippen LogP contribution in [0.15, 0.2) is 44.6 Å². The van der Waals surface area contributed by atoms with Crippen LogP contribution < -0.4 is 5.32 Å². The van der Waals surface area contributed by atoms with Gasteiger partial charge >= 0.3 is 0 Å². The summed E-state index contributed by atoms with van der Waals surface area (Å²) in [5.74, 6) is 1.17. The molecular weight excluding hydrogens is 376 g/mol. The molecule has 0 fully saturated rings. The van der Waals surface area contributed by atoms with Gasteiger partial charge in [-0.05, 0) is 30.5 Å². The van der Waals surface area contributed by atoms with Crippen molar-refractivity contribution < 1.29 is 9.32 Å². The zero-order valence-corrected chi connectivity index (χ0v) is 15.5. The van der Waals surface area contributed by atoms with Crippen LogP contribution in [0.2, 0.25) is 0 Å². The minimum atomic E-state index is -0.0971. The molecule has 6 nitrogen and oxygen atoms in total. The van der Waals surface area contributed by atoms with E-state index in [1.807, 2.05) is 35.7 Å². The van der Waals surface area contributed by atoms with E-state index >= 15 is 0 Å². The van der Waals surface area contributed by atoms with Gasteiger partial charge in [-0.25, -0.2) is 4.98 Å². The monoisotopic (exact) mass is 388 g/mol. The molecule has 3 aromatic heterocycles. The number of thiazole rings is 1. The number of anilines is 1. The SMILES string of the molecule is Cc1noc(-c2sccc2NC(=O)CSc2nc3ccccc3s2)n1. The van der Waals surface area contributed by atoms with Crippen LogP contribution in [0.1, 0.15) is 5.82 Å². The molecule has 0 saturated carbocycles. The maximum Gasteiger partial charge on any atom is 0.270 e. The topological polar surface area (TPSA) is 80.9 Å². The Bertz CT molecular complexity index is 1000. The number of carbonyl (C=O) groups is 1. The van der Waals surface area contributed by atoms with Crippen molar-refractivity contribution in [1.82, 2.24) is 15.1 Å². The summed E-state index contributed by atoms with van der Waals surface area (Å²) in [6.07, 6.45) is 0. The summed E-state index contributed by atoms with van der Waals surface area (Å²) < 4.78 is 7.18. The Morgan fingerprint density at radius 3 is 2.96 bits per heavy atom. The Kier molecular flexibility index (Phi) is 4.51.